The minimum absolute atomic E-state index is 0.144. The normalized spacial score (nSPS) is 10.7. The molecule has 3 rings (SSSR count). The predicted octanol–water partition coefficient (Wildman–Crippen LogP) is 0.436. The van der Waals surface area contributed by atoms with E-state index in [-0.39, 0.29) is 28.3 Å². The number of aromatic amines is 1. The average Bonchev–Trinajstić information content (AvgIpc) is 2.99. The number of rotatable bonds is 4. The molecule has 0 radical (unpaired) electrons. The smallest absolute Gasteiger partial charge is 0.341 e. The zero-order chi connectivity index (χ0) is 14.8. The summed E-state index contributed by atoms with van der Waals surface area (Å²) in [5.74, 6) is -0.530. The Kier molecular flexibility index (Phi) is 3.07. The highest BCUT2D eigenvalue weighted by molar-refractivity contribution is 5.79. The van der Waals surface area contributed by atoms with Crippen molar-refractivity contribution in [2.45, 2.75) is 0 Å². The van der Waals surface area contributed by atoms with Crippen molar-refractivity contribution < 1.29 is 19.1 Å². The van der Waals surface area contributed by atoms with Gasteiger partial charge in [-0.05, 0) is 17.3 Å². The molecule has 21 heavy (non-hydrogen) atoms. The standard InChI is InChI=1S/C12H8N4O5/c17-8-4-10(12-13-15-16-14-12)21-9-3-6(1-2-7(8)9)20-5-11(18)19/h1-4H,5H2,(H,18,19)(H,13,14,15,16). The van der Waals surface area contributed by atoms with Crippen LogP contribution in [0.15, 0.2) is 33.5 Å². The number of H-pyrrole nitrogens is 1. The Hall–Kier alpha value is -3.23. The van der Waals surface area contributed by atoms with E-state index in [1.807, 2.05) is 0 Å². The number of carbonyl (C=O) groups is 1. The van der Waals surface area contributed by atoms with Crippen LogP contribution >= 0.6 is 0 Å². The van der Waals surface area contributed by atoms with Gasteiger partial charge in [-0.3, -0.25) is 4.79 Å². The highest BCUT2D eigenvalue weighted by Crippen LogP contribution is 2.22. The third-order valence-corrected chi connectivity index (χ3v) is 2.63. The lowest BCUT2D eigenvalue weighted by Gasteiger charge is -2.04. The van der Waals surface area contributed by atoms with Crippen LogP contribution in [-0.4, -0.2) is 38.3 Å². The molecule has 0 spiro atoms. The van der Waals surface area contributed by atoms with Gasteiger partial charge >= 0.3 is 5.97 Å². The fraction of sp³-hybridized carbons (Fsp3) is 0.0833. The minimum Gasteiger partial charge on any atom is -0.482 e. The van der Waals surface area contributed by atoms with Crippen molar-refractivity contribution in [1.29, 1.82) is 0 Å². The van der Waals surface area contributed by atoms with Crippen LogP contribution < -0.4 is 10.2 Å². The lowest BCUT2D eigenvalue weighted by molar-refractivity contribution is -0.139. The Balaban J connectivity index is 2.06. The van der Waals surface area contributed by atoms with E-state index in [4.69, 9.17) is 14.3 Å². The first-order chi connectivity index (χ1) is 10.1. The largest absolute Gasteiger partial charge is 0.482 e. The van der Waals surface area contributed by atoms with Crippen molar-refractivity contribution >= 4 is 16.9 Å². The van der Waals surface area contributed by atoms with Crippen molar-refractivity contribution in [2.75, 3.05) is 6.61 Å². The number of benzene rings is 1. The van der Waals surface area contributed by atoms with Gasteiger partial charge in [0.05, 0.1) is 5.39 Å². The van der Waals surface area contributed by atoms with Crippen LogP contribution in [0.1, 0.15) is 0 Å². The number of fused-ring (bicyclic) bond motifs is 1. The van der Waals surface area contributed by atoms with E-state index in [1.165, 1.54) is 24.3 Å². The molecule has 0 saturated carbocycles. The second kappa shape index (κ2) is 5.04. The molecule has 9 heteroatoms. The highest BCUT2D eigenvalue weighted by Gasteiger charge is 2.11. The van der Waals surface area contributed by atoms with Crippen LogP contribution in [-0.2, 0) is 4.79 Å². The molecular weight excluding hydrogens is 280 g/mol. The molecule has 3 aromatic rings. The Morgan fingerprint density at radius 1 is 1.38 bits per heavy atom. The molecule has 0 atom stereocenters. The zero-order valence-electron chi connectivity index (χ0n) is 10.4. The number of hydrogen-bond donors (Lipinski definition) is 2. The first kappa shape index (κ1) is 12.8. The van der Waals surface area contributed by atoms with Crippen molar-refractivity contribution in [3.8, 4) is 17.3 Å². The number of ether oxygens (including phenoxy) is 1. The molecule has 0 aliphatic heterocycles. The van der Waals surface area contributed by atoms with Gasteiger partial charge < -0.3 is 14.3 Å². The third-order valence-electron chi connectivity index (χ3n) is 2.63. The van der Waals surface area contributed by atoms with Crippen molar-refractivity contribution in [1.82, 2.24) is 20.6 Å². The fourth-order valence-electron chi connectivity index (χ4n) is 1.75. The Labute approximate surface area is 116 Å². The minimum atomic E-state index is -1.10. The van der Waals surface area contributed by atoms with Gasteiger partial charge in [0.2, 0.25) is 5.82 Å². The van der Waals surface area contributed by atoms with E-state index < -0.39 is 12.6 Å². The molecule has 1 aromatic carbocycles. The molecule has 106 valence electrons. The number of nitrogens with one attached hydrogen (secondary N) is 1. The maximum absolute atomic E-state index is 12.0. The SMILES string of the molecule is O=C(O)COc1ccc2c(=O)cc(-c3nn[nH]n3)oc2c1. The number of carboxylic acid groups (broad SMARTS) is 1. The van der Waals surface area contributed by atoms with E-state index in [0.29, 0.717) is 5.39 Å². The van der Waals surface area contributed by atoms with Crippen LogP contribution in [0.5, 0.6) is 5.75 Å². The van der Waals surface area contributed by atoms with E-state index in [2.05, 4.69) is 20.6 Å². The van der Waals surface area contributed by atoms with E-state index >= 15 is 0 Å². The fourth-order valence-corrected chi connectivity index (χ4v) is 1.75. The molecule has 0 amide bonds. The quantitative estimate of drug-likeness (QED) is 0.706. The first-order valence-electron chi connectivity index (χ1n) is 5.80. The predicted molar refractivity (Wildman–Crippen MR) is 68.8 cm³/mol. The summed E-state index contributed by atoms with van der Waals surface area (Å²) < 4.78 is 10.6. The van der Waals surface area contributed by atoms with Crippen molar-refractivity contribution in [2.24, 2.45) is 0 Å². The lowest BCUT2D eigenvalue weighted by Crippen LogP contribution is -2.09. The number of aromatic nitrogens is 4. The van der Waals surface area contributed by atoms with Crippen LogP contribution in [0.3, 0.4) is 0 Å². The zero-order valence-corrected chi connectivity index (χ0v) is 10.4. The summed E-state index contributed by atoms with van der Waals surface area (Å²) in [6, 6.07) is 5.68. The van der Waals surface area contributed by atoms with Gasteiger partial charge in [-0.15, -0.1) is 10.2 Å². The molecule has 0 bridgehead atoms. The Morgan fingerprint density at radius 2 is 2.24 bits per heavy atom. The summed E-state index contributed by atoms with van der Waals surface area (Å²) in [4.78, 5) is 22.5. The Bertz CT molecular complexity index is 856. The van der Waals surface area contributed by atoms with Crippen molar-refractivity contribution in [3.63, 3.8) is 0 Å². The summed E-state index contributed by atoms with van der Waals surface area (Å²) >= 11 is 0. The maximum atomic E-state index is 12.0. The topological polar surface area (TPSA) is 131 Å². The monoisotopic (exact) mass is 288 g/mol. The number of nitrogens with zero attached hydrogens (tertiary/aromatic N) is 3. The number of aliphatic carboxylic acids is 1. The molecule has 0 aliphatic rings. The second-order valence-electron chi connectivity index (χ2n) is 4.05. The van der Waals surface area contributed by atoms with E-state index in [9.17, 15) is 9.59 Å². The van der Waals surface area contributed by atoms with E-state index in [1.54, 1.807) is 0 Å². The van der Waals surface area contributed by atoms with Crippen LogP contribution in [0, 0.1) is 0 Å². The molecular formula is C12H8N4O5. The first-order valence-corrected chi connectivity index (χ1v) is 5.80. The molecule has 2 aromatic heterocycles. The van der Waals surface area contributed by atoms with Gasteiger partial charge in [0.25, 0.3) is 0 Å². The maximum Gasteiger partial charge on any atom is 0.341 e. The second-order valence-corrected chi connectivity index (χ2v) is 4.05. The molecule has 0 unspecified atom stereocenters. The molecule has 0 aliphatic carbocycles. The lowest BCUT2D eigenvalue weighted by atomic mass is 10.2. The number of carboxylic acids is 1. The average molecular weight is 288 g/mol. The third kappa shape index (κ3) is 2.56. The molecule has 0 saturated heterocycles. The van der Waals surface area contributed by atoms with Gasteiger partial charge in [0, 0.05) is 12.1 Å². The number of hydrogen-bond acceptors (Lipinski definition) is 7. The summed E-state index contributed by atoms with van der Waals surface area (Å²) in [7, 11) is 0. The Morgan fingerprint density at radius 3 is 2.95 bits per heavy atom. The van der Waals surface area contributed by atoms with Gasteiger partial charge in [-0.2, -0.15) is 5.21 Å². The van der Waals surface area contributed by atoms with Gasteiger partial charge in [-0.1, -0.05) is 0 Å². The van der Waals surface area contributed by atoms with Gasteiger partial charge in [0.15, 0.2) is 17.8 Å². The van der Waals surface area contributed by atoms with E-state index in [0.717, 1.165) is 0 Å². The summed E-state index contributed by atoms with van der Waals surface area (Å²) in [5, 5.41) is 22.0. The van der Waals surface area contributed by atoms with Crippen molar-refractivity contribution in [3.05, 3.63) is 34.5 Å². The van der Waals surface area contributed by atoms with Crippen LogP contribution in [0.25, 0.3) is 22.6 Å². The van der Waals surface area contributed by atoms with Gasteiger partial charge in [-0.25, -0.2) is 4.79 Å². The molecule has 9 nitrogen and oxygen atoms in total. The van der Waals surface area contributed by atoms with Gasteiger partial charge in [0.1, 0.15) is 11.3 Å². The summed E-state index contributed by atoms with van der Waals surface area (Å²) in [6.07, 6.45) is 0. The van der Waals surface area contributed by atoms with Crippen LogP contribution in [0.2, 0.25) is 0 Å². The van der Waals surface area contributed by atoms with Crippen LogP contribution in [0.4, 0.5) is 0 Å². The highest BCUT2D eigenvalue weighted by atomic mass is 16.5. The summed E-state index contributed by atoms with van der Waals surface area (Å²) in [6.45, 7) is -0.486. The summed E-state index contributed by atoms with van der Waals surface area (Å²) in [5.41, 5.74) is -0.0361. The molecule has 2 N–H and O–H groups in total. The molecule has 0 fully saturated rings. The molecule has 2 heterocycles. The number of tetrazole rings is 1.